The summed E-state index contributed by atoms with van der Waals surface area (Å²) in [6.07, 6.45) is 0. The van der Waals surface area contributed by atoms with Gasteiger partial charge in [0.15, 0.2) is 0 Å². The zero-order chi connectivity index (χ0) is 10.9. The van der Waals surface area contributed by atoms with Gasteiger partial charge in [-0.15, -0.1) is 0 Å². The van der Waals surface area contributed by atoms with Crippen LogP contribution in [0.4, 0.5) is 0 Å². The van der Waals surface area contributed by atoms with E-state index in [4.69, 9.17) is 22.3 Å². The van der Waals surface area contributed by atoms with E-state index in [1.165, 1.54) is 12.1 Å². The highest BCUT2D eigenvalue weighted by molar-refractivity contribution is 8.13. The molecule has 0 radical (unpaired) electrons. The molecule has 0 saturated carbocycles. The number of rotatable bonds is 2. The Bertz CT molecular complexity index is 438. The second kappa shape index (κ2) is 4.09. The summed E-state index contributed by atoms with van der Waals surface area (Å²) in [5.74, 6) is 0.0669. The predicted molar refractivity (Wildman–Crippen MR) is 58.6 cm³/mol. The van der Waals surface area contributed by atoms with Gasteiger partial charge in [-0.2, -0.15) is 0 Å². The number of benzene rings is 1. The maximum Gasteiger partial charge on any atom is 0.261 e. The van der Waals surface area contributed by atoms with Crippen LogP contribution in [-0.2, 0) is 9.05 Å². The Balaban J connectivity index is 3.45. The van der Waals surface area contributed by atoms with Crippen LogP contribution in [0.2, 0.25) is 5.02 Å². The standard InChI is InChI=1S/C9H10Cl2O2S/c1-6(2)8-5-7(10)3-4-9(8)14(11,12)13/h3-6H,1-2H3. The zero-order valence-electron chi connectivity index (χ0n) is 7.79. The molecule has 78 valence electrons. The van der Waals surface area contributed by atoms with Crippen molar-refractivity contribution in [3.63, 3.8) is 0 Å². The molecule has 0 unspecified atom stereocenters. The van der Waals surface area contributed by atoms with Crippen LogP contribution >= 0.6 is 22.3 Å². The Labute approximate surface area is 93.3 Å². The fourth-order valence-electron chi connectivity index (χ4n) is 1.19. The SMILES string of the molecule is CC(C)c1cc(Cl)ccc1S(=O)(=O)Cl. The fourth-order valence-corrected chi connectivity index (χ4v) is 2.60. The normalized spacial score (nSPS) is 12.1. The van der Waals surface area contributed by atoms with Crippen molar-refractivity contribution < 1.29 is 8.42 Å². The quantitative estimate of drug-likeness (QED) is 0.757. The van der Waals surface area contributed by atoms with Gasteiger partial charge < -0.3 is 0 Å². The molecule has 0 aliphatic carbocycles. The molecule has 0 bridgehead atoms. The number of hydrogen-bond acceptors (Lipinski definition) is 2. The summed E-state index contributed by atoms with van der Waals surface area (Å²) in [5.41, 5.74) is 0.646. The molecule has 0 saturated heterocycles. The first-order valence-electron chi connectivity index (χ1n) is 4.06. The molecular formula is C9H10Cl2O2S. The summed E-state index contributed by atoms with van der Waals surface area (Å²) >= 11 is 5.77. The first-order chi connectivity index (χ1) is 6.32. The zero-order valence-corrected chi connectivity index (χ0v) is 10.1. The number of hydrogen-bond donors (Lipinski definition) is 0. The molecule has 0 aromatic heterocycles. The molecule has 0 atom stereocenters. The monoisotopic (exact) mass is 252 g/mol. The summed E-state index contributed by atoms with van der Waals surface area (Å²) < 4.78 is 22.4. The Kier molecular flexibility index (Phi) is 3.45. The molecular weight excluding hydrogens is 243 g/mol. The van der Waals surface area contributed by atoms with E-state index in [1.54, 1.807) is 6.07 Å². The van der Waals surface area contributed by atoms with Crippen LogP contribution < -0.4 is 0 Å². The molecule has 2 nitrogen and oxygen atoms in total. The molecule has 0 spiro atoms. The fraction of sp³-hybridized carbons (Fsp3) is 0.333. The topological polar surface area (TPSA) is 34.1 Å². The first-order valence-corrected chi connectivity index (χ1v) is 6.75. The van der Waals surface area contributed by atoms with Gasteiger partial charge in [0.1, 0.15) is 0 Å². The predicted octanol–water partition coefficient (Wildman–Crippen LogP) is 3.39. The van der Waals surface area contributed by atoms with Crippen LogP contribution in [-0.4, -0.2) is 8.42 Å². The molecule has 1 rings (SSSR count). The average Bonchev–Trinajstić information content (AvgIpc) is 2.01. The van der Waals surface area contributed by atoms with E-state index in [2.05, 4.69) is 0 Å². The lowest BCUT2D eigenvalue weighted by Crippen LogP contribution is -1.99. The first kappa shape index (κ1) is 11.8. The third-order valence-electron chi connectivity index (χ3n) is 1.86. The molecule has 14 heavy (non-hydrogen) atoms. The van der Waals surface area contributed by atoms with Gasteiger partial charge in [-0.25, -0.2) is 8.42 Å². The maximum absolute atomic E-state index is 11.2. The van der Waals surface area contributed by atoms with E-state index < -0.39 is 9.05 Å². The van der Waals surface area contributed by atoms with Crippen LogP contribution in [0, 0.1) is 0 Å². The Hall–Kier alpha value is -0.250. The summed E-state index contributed by atoms with van der Waals surface area (Å²) in [7, 11) is 1.61. The average molecular weight is 253 g/mol. The molecule has 0 aliphatic heterocycles. The van der Waals surface area contributed by atoms with Gasteiger partial charge in [-0.05, 0) is 29.7 Å². The minimum Gasteiger partial charge on any atom is -0.207 e. The highest BCUT2D eigenvalue weighted by Crippen LogP contribution is 2.28. The van der Waals surface area contributed by atoms with E-state index in [9.17, 15) is 8.42 Å². The van der Waals surface area contributed by atoms with Gasteiger partial charge in [0.05, 0.1) is 4.90 Å². The van der Waals surface area contributed by atoms with Gasteiger partial charge in [0, 0.05) is 15.7 Å². The third kappa shape index (κ3) is 2.62. The molecule has 0 heterocycles. The highest BCUT2D eigenvalue weighted by Gasteiger charge is 2.17. The van der Waals surface area contributed by atoms with Crippen molar-refractivity contribution in [2.75, 3.05) is 0 Å². The third-order valence-corrected chi connectivity index (χ3v) is 3.49. The van der Waals surface area contributed by atoms with E-state index >= 15 is 0 Å². The van der Waals surface area contributed by atoms with E-state index in [0.717, 1.165) is 0 Å². The second-order valence-corrected chi connectivity index (χ2v) is 6.25. The number of halogens is 2. The molecule has 0 N–H and O–H groups in total. The van der Waals surface area contributed by atoms with E-state index in [1.807, 2.05) is 13.8 Å². The molecule has 0 aliphatic rings. The lowest BCUT2D eigenvalue weighted by molar-refractivity contribution is 0.607. The van der Waals surface area contributed by atoms with Crippen molar-refractivity contribution in [1.29, 1.82) is 0 Å². The van der Waals surface area contributed by atoms with Crippen LogP contribution in [0.1, 0.15) is 25.3 Å². The van der Waals surface area contributed by atoms with Crippen molar-refractivity contribution in [2.45, 2.75) is 24.7 Å². The smallest absolute Gasteiger partial charge is 0.207 e. The van der Waals surface area contributed by atoms with Crippen molar-refractivity contribution in [1.82, 2.24) is 0 Å². The minimum atomic E-state index is -3.68. The van der Waals surface area contributed by atoms with Crippen molar-refractivity contribution in [3.8, 4) is 0 Å². The van der Waals surface area contributed by atoms with Gasteiger partial charge in [0.2, 0.25) is 0 Å². The van der Waals surface area contributed by atoms with Crippen molar-refractivity contribution >= 4 is 31.3 Å². The van der Waals surface area contributed by atoms with Crippen LogP contribution in [0.15, 0.2) is 23.1 Å². The summed E-state index contributed by atoms with van der Waals surface area (Å²) in [5, 5.41) is 0.512. The van der Waals surface area contributed by atoms with E-state index in [0.29, 0.717) is 10.6 Å². The molecule has 0 fully saturated rings. The summed E-state index contributed by atoms with van der Waals surface area (Å²) in [6, 6.07) is 4.57. The highest BCUT2D eigenvalue weighted by atomic mass is 35.7. The molecule has 1 aromatic carbocycles. The van der Waals surface area contributed by atoms with E-state index in [-0.39, 0.29) is 10.8 Å². The maximum atomic E-state index is 11.2. The van der Waals surface area contributed by atoms with Crippen LogP contribution in [0.25, 0.3) is 0 Å². The lowest BCUT2D eigenvalue weighted by Gasteiger charge is -2.10. The lowest BCUT2D eigenvalue weighted by atomic mass is 10.0. The van der Waals surface area contributed by atoms with Gasteiger partial charge in [-0.1, -0.05) is 25.4 Å². The summed E-state index contributed by atoms with van der Waals surface area (Å²) in [4.78, 5) is 0.138. The Morgan fingerprint density at radius 1 is 1.29 bits per heavy atom. The van der Waals surface area contributed by atoms with Crippen LogP contribution in [0.3, 0.4) is 0 Å². The minimum absolute atomic E-state index is 0.0669. The van der Waals surface area contributed by atoms with Crippen molar-refractivity contribution in [2.24, 2.45) is 0 Å². The molecule has 0 amide bonds. The summed E-state index contributed by atoms with van der Waals surface area (Å²) in [6.45, 7) is 3.77. The molecule has 5 heteroatoms. The van der Waals surface area contributed by atoms with Crippen molar-refractivity contribution in [3.05, 3.63) is 28.8 Å². The largest absolute Gasteiger partial charge is 0.261 e. The Morgan fingerprint density at radius 3 is 2.29 bits per heavy atom. The molecule has 1 aromatic rings. The van der Waals surface area contributed by atoms with Gasteiger partial charge in [-0.3, -0.25) is 0 Å². The second-order valence-electron chi connectivity index (χ2n) is 3.27. The van der Waals surface area contributed by atoms with Gasteiger partial charge in [0.25, 0.3) is 9.05 Å². The van der Waals surface area contributed by atoms with Gasteiger partial charge >= 0.3 is 0 Å². The van der Waals surface area contributed by atoms with Crippen LogP contribution in [0.5, 0.6) is 0 Å². The Morgan fingerprint density at radius 2 is 1.86 bits per heavy atom.